The SMILES string of the molecule is Cc1c(C(=O)CCc2ccccc2)c(O)c2c(OC3OC(CO)C4(CC5C6=C(CC=C6C6(CCCO)COCC7CCCC5C76)CO4)C(O)C3O)cc(C(=O)O)cc2c1O. The molecule has 9 rings (SSSR count). The molecule has 0 amide bonds. The molecule has 3 aliphatic carbocycles. The molecule has 13 heteroatoms. The summed E-state index contributed by atoms with van der Waals surface area (Å²) in [5.41, 5.74) is 2.22. The first-order valence-corrected chi connectivity index (χ1v) is 21.3. The molecule has 1 spiro atoms. The Balaban J connectivity index is 1.06. The van der Waals surface area contributed by atoms with Gasteiger partial charge in [-0.2, -0.15) is 0 Å². The molecule has 4 fully saturated rings. The van der Waals surface area contributed by atoms with Crippen LogP contribution in [-0.4, -0.2) is 111 Å². The van der Waals surface area contributed by atoms with Crippen molar-refractivity contribution in [2.75, 3.05) is 33.0 Å². The molecule has 10 atom stereocenters. The third-order valence-corrected chi connectivity index (χ3v) is 14.8. The summed E-state index contributed by atoms with van der Waals surface area (Å²) in [7, 11) is 0. The van der Waals surface area contributed by atoms with Crippen molar-refractivity contribution in [2.45, 2.75) is 94.9 Å². The number of aryl methyl sites for hydroxylation is 1. The van der Waals surface area contributed by atoms with E-state index >= 15 is 0 Å². The second-order valence-electron chi connectivity index (χ2n) is 17.8. The van der Waals surface area contributed by atoms with Gasteiger partial charge in [0.15, 0.2) is 5.78 Å². The number of phenolic OH excluding ortho intramolecular Hbond substituents is 2. The lowest BCUT2D eigenvalue weighted by Gasteiger charge is -2.61. The number of carbonyl (C=O) groups excluding carboxylic acids is 1. The van der Waals surface area contributed by atoms with Gasteiger partial charge >= 0.3 is 5.97 Å². The van der Waals surface area contributed by atoms with Crippen LogP contribution < -0.4 is 4.74 Å². The van der Waals surface area contributed by atoms with Gasteiger partial charge in [0.05, 0.1) is 36.3 Å². The van der Waals surface area contributed by atoms with Gasteiger partial charge in [0.25, 0.3) is 0 Å². The summed E-state index contributed by atoms with van der Waals surface area (Å²) in [5, 5.41) is 78.3. The molecule has 13 nitrogen and oxygen atoms in total. The zero-order valence-electron chi connectivity index (χ0n) is 33.7. The van der Waals surface area contributed by atoms with Gasteiger partial charge in [0.2, 0.25) is 6.29 Å². The van der Waals surface area contributed by atoms with Crippen LogP contribution in [0.2, 0.25) is 0 Å². The minimum Gasteiger partial charge on any atom is -0.507 e. The normalized spacial score (nSPS) is 33.2. The molecular weight excluding hydrogens is 773 g/mol. The number of rotatable bonds is 11. The zero-order valence-corrected chi connectivity index (χ0v) is 33.7. The summed E-state index contributed by atoms with van der Waals surface area (Å²) in [5.74, 6) is -2.38. The number of ketones is 1. The maximum atomic E-state index is 13.7. The van der Waals surface area contributed by atoms with Crippen molar-refractivity contribution in [3.8, 4) is 17.2 Å². The van der Waals surface area contributed by atoms with Crippen LogP contribution in [0.3, 0.4) is 0 Å². The Bertz CT molecular complexity index is 2240. The Morgan fingerprint density at radius 2 is 1.83 bits per heavy atom. The monoisotopic (exact) mass is 826 g/mol. The van der Waals surface area contributed by atoms with Crippen molar-refractivity contribution >= 4 is 22.5 Å². The fourth-order valence-electron chi connectivity index (χ4n) is 12.2. The van der Waals surface area contributed by atoms with Gasteiger partial charge in [-0.1, -0.05) is 42.8 Å². The Kier molecular flexibility index (Phi) is 10.8. The van der Waals surface area contributed by atoms with Crippen LogP contribution in [-0.2, 0) is 20.6 Å². The molecule has 3 aliphatic heterocycles. The molecule has 3 aromatic carbocycles. The predicted octanol–water partition coefficient (Wildman–Crippen LogP) is 5.13. The van der Waals surface area contributed by atoms with Crippen molar-refractivity contribution < 1.29 is 64.3 Å². The van der Waals surface area contributed by atoms with Crippen molar-refractivity contribution in [3.05, 3.63) is 87.5 Å². The van der Waals surface area contributed by atoms with Gasteiger partial charge in [-0.05, 0) is 110 Å². The van der Waals surface area contributed by atoms with Gasteiger partial charge in [0, 0.05) is 36.0 Å². The summed E-state index contributed by atoms with van der Waals surface area (Å²) in [6.07, 6.45) is 1.72. The highest BCUT2D eigenvalue weighted by Crippen LogP contribution is 2.67. The van der Waals surface area contributed by atoms with Crippen LogP contribution >= 0.6 is 0 Å². The first-order chi connectivity index (χ1) is 28.9. The highest BCUT2D eigenvalue weighted by Gasteiger charge is 2.65. The Labute approximate surface area is 347 Å². The number of fused-ring (bicyclic) bond motifs is 3. The number of hydrogen-bond donors (Lipinski definition) is 7. The number of ether oxygens (including phenoxy) is 4. The van der Waals surface area contributed by atoms with Crippen molar-refractivity contribution in [1.29, 1.82) is 0 Å². The van der Waals surface area contributed by atoms with Gasteiger partial charge < -0.3 is 54.7 Å². The van der Waals surface area contributed by atoms with E-state index in [0.717, 1.165) is 49.0 Å². The van der Waals surface area contributed by atoms with Gasteiger partial charge in [-0.25, -0.2) is 4.79 Å². The minimum atomic E-state index is -1.79. The van der Waals surface area contributed by atoms with Gasteiger partial charge in [0.1, 0.15) is 41.2 Å². The number of carboxylic acid groups (broad SMARTS) is 1. The van der Waals surface area contributed by atoms with E-state index in [1.807, 2.05) is 30.3 Å². The number of aliphatic hydroxyl groups is 4. The van der Waals surface area contributed by atoms with E-state index in [-0.39, 0.29) is 82.4 Å². The topological polar surface area (TPSA) is 213 Å². The van der Waals surface area contributed by atoms with Crippen LogP contribution in [0, 0.1) is 36.0 Å². The molecule has 3 heterocycles. The standard InChI is InChI=1S/C47H54O13/c1-24-36(33(50)14-11-25-7-3-2-4-8-25)41(52)38-30(40(24)51)17-28(44(55)56)18-34(38)59-45-42(53)43(54)47(35(20-49)60-45)19-31-29-10-5-9-27-21-57-23-46(39(27)29,15-6-16-48)32-13-12-26(22-58-47)37(31)32/h2-4,7-8,13,17-18,27,29,31,35,39,42-43,45,48-49,51-54H,5-6,9-12,14-16,19-23H2,1H3,(H,55,56). The van der Waals surface area contributed by atoms with Crippen LogP contribution in [0.1, 0.15) is 83.2 Å². The molecule has 3 aromatic rings. The minimum absolute atomic E-state index is 0.0000875. The second kappa shape index (κ2) is 15.8. The number of benzene rings is 3. The molecule has 10 unspecified atom stereocenters. The fourth-order valence-corrected chi connectivity index (χ4v) is 12.2. The average molecular weight is 827 g/mol. The lowest BCUT2D eigenvalue weighted by atomic mass is 9.46. The summed E-state index contributed by atoms with van der Waals surface area (Å²) >= 11 is 0. The lowest BCUT2D eigenvalue weighted by molar-refractivity contribution is -0.326. The number of carboxylic acids is 1. The van der Waals surface area contributed by atoms with Gasteiger partial charge in [-0.3, -0.25) is 4.79 Å². The number of hydrogen-bond acceptors (Lipinski definition) is 12. The van der Waals surface area contributed by atoms with Gasteiger partial charge in [-0.15, -0.1) is 0 Å². The predicted molar refractivity (Wildman–Crippen MR) is 217 cm³/mol. The highest BCUT2D eigenvalue weighted by molar-refractivity contribution is 6.11. The van der Waals surface area contributed by atoms with E-state index in [1.165, 1.54) is 18.1 Å². The molecule has 7 N–H and O–H groups in total. The molecule has 2 saturated carbocycles. The van der Waals surface area contributed by atoms with Crippen LogP contribution in [0.4, 0.5) is 0 Å². The van der Waals surface area contributed by atoms with Crippen molar-refractivity contribution in [3.63, 3.8) is 0 Å². The average Bonchev–Trinajstić information content (AvgIpc) is 3.62. The Morgan fingerprint density at radius 1 is 1.03 bits per heavy atom. The molecule has 60 heavy (non-hydrogen) atoms. The molecule has 6 aliphatic rings. The van der Waals surface area contributed by atoms with Crippen LogP contribution in [0.25, 0.3) is 10.8 Å². The summed E-state index contributed by atoms with van der Waals surface area (Å²) < 4.78 is 25.6. The highest BCUT2D eigenvalue weighted by atomic mass is 16.7. The van der Waals surface area contributed by atoms with E-state index < -0.39 is 60.1 Å². The second-order valence-corrected chi connectivity index (χ2v) is 17.8. The van der Waals surface area contributed by atoms with E-state index in [2.05, 4.69) is 6.08 Å². The number of Topliss-reactive ketones (excluding diaryl/α,β-unsaturated/α-hetero) is 1. The first-order valence-electron chi connectivity index (χ1n) is 21.3. The number of carbonyl (C=O) groups is 2. The maximum Gasteiger partial charge on any atom is 0.335 e. The number of phenols is 2. The number of aliphatic hydroxyl groups excluding tert-OH is 4. The zero-order chi connectivity index (χ0) is 42.1. The Morgan fingerprint density at radius 3 is 2.58 bits per heavy atom. The van der Waals surface area contributed by atoms with E-state index in [0.29, 0.717) is 38.4 Å². The van der Waals surface area contributed by atoms with E-state index in [9.17, 15) is 45.3 Å². The summed E-state index contributed by atoms with van der Waals surface area (Å²) in [4.78, 5) is 26.1. The largest absolute Gasteiger partial charge is 0.507 e. The molecule has 320 valence electrons. The molecule has 0 bridgehead atoms. The van der Waals surface area contributed by atoms with Crippen molar-refractivity contribution in [2.24, 2.45) is 29.1 Å². The molecule has 0 radical (unpaired) electrons. The summed E-state index contributed by atoms with van der Waals surface area (Å²) in [6, 6.07) is 11.6. The van der Waals surface area contributed by atoms with E-state index in [4.69, 9.17) is 18.9 Å². The third kappa shape index (κ3) is 6.39. The van der Waals surface area contributed by atoms with Crippen LogP contribution in [0.5, 0.6) is 17.2 Å². The lowest BCUT2D eigenvalue weighted by Crippen LogP contribution is -2.69. The number of allylic oxidation sites excluding steroid dienone is 2. The smallest absolute Gasteiger partial charge is 0.335 e. The first kappa shape index (κ1) is 41.0. The maximum absolute atomic E-state index is 13.7. The van der Waals surface area contributed by atoms with Crippen LogP contribution in [0.15, 0.2) is 65.3 Å². The number of aromatic hydroxyl groups is 2. The van der Waals surface area contributed by atoms with E-state index in [1.54, 1.807) is 0 Å². The molecule has 2 saturated heterocycles. The third-order valence-electron chi connectivity index (χ3n) is 14.8. The number of aromatic carboxylic acids is 1. The Hall–Kier alpha value is -4.34. The van der Waals surface area contributed by atoms with Crippen molar-refractivity contribution in [1.82, 2.24) is 0 Å². The summed E-state index contributed by atoms with van der Waals surface area (Å²) in [6.45, 7) is 2.33. The quantitative estimate of drug-likeness (QED) is 0.0989. The molecule has 0 aromatic heterocycles. The fraction of sp³-hybridized carbons (Fsp3) is 0.532. The molecular formula is C47H54O13.